The number of hydrogen-bond donors (Lipinski definition) is 0. The molecule has 2 aromatic carbocycles. The van der Waals surface area contributed by atoms with E-state index in [-0.39, 0.29) is 34.7 Å². The number of para-hydroxylation sites is 2. The fourth-order valence-electron chi connectivity index (χ4n) is 2.61. The zero-order valence-corrected chi connectivity index (χ0v) is 19.3. The summed E-state index contributed by atoms with van der Waals surface area (Å²) >= 11 is 6.19. The monoisotopic (exact) mass is 454 g/mol. The molecule has 0 saturated heterocycles. The summed E-state index contributed by atoms with van der Waals surface area (Å²) in [5, 5.41) is 0.184. The van der Waals surface area contributed by atoms with Gasteiger partial charge in [0.05, 0.1) is 29.1 Å². The number of methoxy groups -OCH3 is 1. The lowest BCUT2D eigenvalue weighted by atomic mass is 10.2. The summed E-state index contributed by atoms with van der Waals surface area (Å²) in [5.41, 5.74) is 0.120. The minimum absolute atomic E-state index is 0.0186. The molecule has 0 heterocycles. The third-order valence-corrected chi connectivity index (χ3v) is 7.03. The minimum Gasteiger partial charge on any atom is -0.493 e. The van der Waals surface area contributed by atoms with Gasteiger partial charge in [0, 0.05) is 20.1 Å². The van der Waals surface area contributed by atoms with Crippen molar-refractivity contribution >= 4 is 27.5 Å². The first kappa shape index (κ1) is 24.0. The Kier molecular flexibility index (Phi) is 8.11. The van der Waals surface area contributed by atoms with Gasteiger partial charge in [0.2, 0.25) is 10.0 Å². The van der Waals surface area contributed by atoms with Crippen molar-refractivity contribution in [3.8, 4) is 11.5 Å². The number of rotatable bonds is 9. The molecule has 0 aliphatic rings. The Hall–Kier alpha value is -2.29. The second kappa shape index (κ2) is 10.1. The van der Waals surface area contributed by atoms with Gasteiger partial charge in [-0.3, -0.25) is 4.79 Å². The number of carbonyl (C=O) groups is 1. The maximum atomic E-state index is 12.9. The molecule has 0 aliphatic carbocycles. The number of amides is 1. The Balaban J connectivity index is 2.14. The highest BCUT2D eigenvalue weighted by atomic mass is 35.5. The normalized spacial score (nSPS) is 11.6. The average molecular weight is 455 g/mol. The Morgan fingerprint density at radius 3 is 2.33 bits per heavy atom. The van der Waals surface area contributed by atoms with E-state index in [1.54, 1.807) is 40.1 Å². The van der Waals surface area contributed by atoms with Gasteiger partial charge in [-0.1, -0.05) is 23.7 Å². The number of hydrogen-bond acceptors (Lipinski definition) is 5. The molecule has 1 amide bonds. The van der Waals surface area contributed by atoms with E-state index in [0.29, 0.717) is 11.5 Å². The van der Waals surface area contributed by atoms with Crippen LogP contribution in [0.3, 0.4) is 0 Å². The number of sulfonamides is 1. The zero-order valence-electron chi connectivity index (χ0n) is 17.8. The van der Waals surface area contributed by atoms with Gasteiger partial charge in [0.15, 0.2) is 11.5 Å². The second-order valence-corrected chi connectivity index (χ2v) is 9.39. The Morgan fingerprint density at radius 2 is 1.73 bits per heavy atom. The molecule has 2 rings (SSSR count). The van der Waals surface area contributed by atoms with Gasteiger partial charge < -0.3 is 14.4 Å². The average Bonchev–Trinajstić information content (AvgIpc) is 2.72. The standard InChI is InChI=1S/C21H27ClN2O5S/c1-15(2)24(4)30(26,27)16-10-11-18(22)17(14-16)21(25)23(3)12-13-29-20-9-7-6-8-19(20)28-5/h6-11,14-15H,12-13H2,1-5H3. The van der Waals surface area contributed by atoms with Crippen molar-refractivity contribution in [2.45, 2.75) is 24.8 Å². The number of halogens is 1. The molecular formula is C21H27ClN2O5S. The second-order valence-electron chi connectivity index (χ2n) is 6.98. The van der Waals surface area contributed by atoms with Crippen LogP contribution in [0.1, 0.15) is 24.2 Å². The molecule has 30 heavy (non-hydrogen) atoms. The molecule has 9 heteroatoms. The van der Waals surface area contributed by atoms with Crippen LogP contribution in [-0.2, 0) is 10.0 Å². The topological polar surface area (TPSA) is 76.1 Å². The van der Waals surface area contributed by atoms with E-state index in [4.69, 9.17) is 21.1 Å². The maximum absolute atomic E-state index is 12.9. The molecule has 0 N–H and O–H groups in total. The van der Waals surface area contributed by atoms with Gasteiger partial charge in [-0.25, -0.2) is 8.42 Å². The van der Waals surface area contributed by atoms with Gasteiger partial charge in [0.25, 0.3) is 5.91 Å². The molecule has 2 aromatic rings. The summed E-state index contributed by atoms with van der Waals surface area (Å²) in [7, 11) is 0.921. The maximum Gasteiger partial charge on any atom is 0.255 e. The molecule has 0 atom stereocenters. The number of nitrogens with zero attached hydrogens (tertiary/aromatic N) is 2. The van der Waals surface area contributed by atoms with Crippen molar-refractivity contribution in [1.29, 1.82) is 0 Å². The van der Waals surface area contributed by atoms with Crippen LogP contribution in [0.4, 0.5) is 0 Å². The minimum atomic E-state index is -3.73. The summed E-state index contributed by atoms with van der Waals surface area (Å²) in [6, 6.07) is 11.1. The first-order chi connectivity index (χ1) is 14.1. The molecule has 7 nitrogen and oxygen atoms in total. The molecule has 0 saturated carbocycles. The van der Waals surface area contributed by atoms with Crippen LogP contribution in [0, 0.1) is 0 Å². The van der Waals surface area contributed by atoms with E-state index >= 15 is 0 Å². The third kappa shape index (κ3) is 5.44. The van der Waals surface area contributed by atoms with Crippen LogP contribution in [0.5, 0.6) is 11.5 Å². The van der Waals surface area contributed by atoms with Gasteiger partial charge in [0.1, 0.15) is 6.61 Å². The van der Waals surface area contributed by atoms with Gasteiger partial charge in [-0.2, -0.15) is 4.31 Å². The molecule has 0 bridgehead atoms. The molecule has 0 aromatic heterocycles. The van der Waals surface area contributed by atoms with Crippen LogP contribution in [0.2, 0.25) is 5.02 Å². The van der Waals surface area contributed by atoms with Crippen LogP contribution >= 0.6 is 11.6 Å². The highest BCUT2D eigenvalue weighted by molar-refractivity contribution is 7.89. The number of benzene rings is 2. The van der Waals surface area contributed by atoms with E-state index in [0.717, 1.165) is 0 Å². The van der Waals surface area contributed by atoms with Crippen LogP contribution in [0.25, 0.3) is 0 Å². The van der Waals surface area contributed by atoms with Crippen molar-refractivity contribution in [2.24, 2.45) is 0 Å². The largest absolute Gasteiger partial charge is 0.493 e. The quantitative estimate of drug-likeness (QED) is 0.579. The summed E-state index contributed by atoms with van der Waals surface area (Å²) in [5.74, 6) is 0.776. The third-order valence-electron chi connectivity index (χ3n) is 4.67. The molecule has 0 spiro atoms. The smallest absolute Gasteiger partial charge is 0.255 e. The highest BCUT2D eigenvalue weighted by Gasteiger charge is 2.25. The predicted octanol–water partition coefficient (Wildman–Crippen LogP) is 3.53. The lowest BCUT2D eigenvalue weighted by molar-refractivity contribution is 0.0773. The molecule has 0 aliphatic heterocycles. The summed E-state index contributed by atoms with van der Waals surface area (Å²) in [4.78, 5) is 14.3. The van der Waals surface area contributed by atoms with Gasteiger partial charge >= 0.3 is 0 Å². The van der Waals surface area contributed by atoms with Crippen molar-refractivity contribution in [2.75, 3.05) is 34.4 Å². The lowest BCUT2D eigenvalue weighted by Crippen LogP contribution is -2.34. The fourth-order valence-corrected chi connectivity index (χ4v) is 4.20. The molecule has 0 fully saturated rings. The zero-order chi connectivity index (χ0) is 22.5. The Labute approximate surface area is 183 Å². The van der Waals surface area contributed by atoms with E-state index in [1.807, 2.05) is 12.1 Å². The number of likely N-dealkylation sites (N-methyl/N-ethyl adjacent to an activating group) is 1. The summed E-state index contributed by atoms with van der Waals surface area (Å²) in [6.45, 7) is 4.05. The van der Waals surface area contributed by atoms with Gasteiger partial charge in [-0.05, 0) is 44.2 Å². The lowest BCUT2D eigenvalue weighted by Gasteiger charge is -2.22. The molecule has 164 valence electrons. The van der Waals surface area contributed by atoms with Crippen molar-refractivity contribution in [3.63, 3.8) is 0 Å². The van der Waals surface area contributed by atoms with Gasteiger partial charge in [-0.15, -0.1) is 0 Å². The van der Waals surface area contributed by atoms with Crippen molar-refractivity contribution in [1.82, 2.24) is 9.21 Å². The SMILES string of the molecule is COc1ccccc1OCCN(C)C(=O)c1cc(S(=O)(=O)N(C)C(C)C)ccc1Cl. The number of ether oxygens (including phenoxy) is 2. The van der Waals surface area contributed by atoms with Crippen molar-refractivity contribution < 1.29 is 22.7 Å². The first-order valence-electron chi connectivity index (χ1n) is 9.38. The predicted molar refractivity (Wildman–Crippen MR) is 117 cm³/mol. The molecule has 0 radical (unpaired) electrons. The summed E-state index contributed by atoms with van der Waals surface area (Å²) < 4.78 is 37.7. The highest BCUT2D eigenvalue weighted by Crippen LogP contribution is 2.26. The Bertz CT molecular complexity index is 995. The first-order valence-corrected chi connectivity index (χ1v) is 11.2. The summed E-state index contributed by atoms with van der Waals surface area (Å²) in [6.07, 6.45) is 0. The van der Waals surface area contributed by atoms with Crippen LogP contribution < -0.4 is 9.47 Å². The number of carbonyl (C=O) groups excluding carboxylic acids is 1. The molecular weight excluding hydrogens is 428 g/mol. The van der Waals surface area contributed by atoms with E-state index in [1.165, 1.54) is 34.5 Å². The Morgan fingerprint density at radius 1 is 1.10 bits per heavy atom. The fraction of sp³-hybridized carbons (Fsp3) is 0.381. The van der Waals surface area contributed by atoms with E-state index < -0.39 is 15.9 Å². The van der Waals surface area contributed by atoms with Crippen LogP contribution in [-0.4, -0.2) is 63.9 Å². The van der Waals surface area contributed by atoms with Crippen LogP contribution in [0.15, 0.2) is 47.4 Å². The van der Waals surface area contributed by atoms with E-state index in [2.05, 4.69) is 0 Å². The van der Waals surface area contributed by atoms with Crippen molar-refractivity contribution in [3.05, 3.63) is 53.1 Å². The van der Waals surface area contributed by atoms with E-state index in [9.17, 15) is 13.2 Å². The molecule has 0 unspecified atom stereocenters.